The third-order valence-corrected chi connectivity index (χ3v) is 4.05. The maximum Gasteiger partial charge on any atom is 0.329 e. The number of fused-ring (bicyclic) bond motifs is 1. The summed E-state index contributed by atoms with van der Waals surface area (Å²) in [6, 6.07) is 7.20. The van der Waals surface area contributed by atoms with Crippen molar-refractivity contribution in [2.75, 3.05) is 5.43 Å². The molecule has 2 heterocycles. The number of rotatable bonds is 5. The predicted octanol–water partition coefficient (Wildman–Crippen LogP) is 2.18. The lowest BCUT2D eigenvalue weighted by atomic mass is 10.2. The predicted molar refractivity (Wildman–Crippen MR) is 103 cm³/mol. The summed E-state index contributed by atoms with van der Waals surface area (Å²) in [4.78, 5) is 30.8. The Balaban J connectivity index is 2.02. The molecule has 3 rings (SSSR count). The van der Waals surface area contributed by atoms with Gasteiger partial charge in [0.2, 0.25) is 5.95 Å². The van der Waals surface area contributed by atoms with Gasteiger partial charge >= 0.3 is 5.69 Å². The topological polar surface area (TPSA) is 97.1 Å². The quantitative estimate of drug-likeness (QED) is 0.528. The Labute approximate surface area is 154 Å². The van der Waals surface area contributed by atoms with Crippen molar-refractivity contribution in [3.8, 4) is 0 Å². The number of hydrogen-bond acceptors (Lipinski definition) is 5. The monoisotopic (exact) mass is 374 g/mol. The number of hydrogen-bond donors (Lipinski definition) is 2. The van der Waals surface area contributed by atoms with Crippen molar-refractivity contribution in [1.29, 1.82) is 0 Å². The van der Waals surface area contributed by atoms with E-state index in [4.69, 9.17) is 11.6 Å². The van der Waals surface area contributed by atoms with Crippen LogP contribution in [0.1, 0.15) is 19.4 Å². The molecule has 0 saturated heterocycles. The lowest BCUT2D eigenvalue weighted by molar-refractivity contribution is 0.535. The fraction of sp³-hybridized carbons (Fsp3) is 0.294. The van der Waals surface area contributed by atoms with Crippen molar-refractivity contribution in [3.63, 3.8) is 0 Å². The molecule has 2 aromatic heterocycles. The van der Waals surface area contributed by atoms with Gasteiger partial charge < -0.3 is 4.57 Å². The summed E-state index contributed by atoms with van der Waals surface area (Å²) in [5.74, 6) is 0.662. The second kappa shape index (κ2) is 7.17. The van der Waals surface area contributed by atoms with Crippen LogP contribution in [0.5, 0.6) is 0 Å². The maximum absolute atomic E-state index is 12.3. The van der Waals surface area contributed by atoms with Gasteiger partial charge in [0, 0.05) is 18.6 Å². The second-order valence-electron chi connectivity index (χ2n) is 6.35. The van der Waals surface area contributed by atoms with E-state index >= 15 is 0 Å². The maximum atomic E-state index is 12.3. The van der Waals surface area contributed by atoms with Gasteiger partial charge in [-0.25, -0.2) is 10.2 Å². The summed E-state index contributed by atoms with van der Waals surface area (Å²) in [6.07, 6.45) is 1.62. The molecule has 0 radical (unpaired) electrons. The Kier molecular flexibility index (Phi) is 4.94. The summed E-state index contributed by atoms with van der Waals surface area (Å²) >= 11 is 5.86. The van der Waals surface area contributed by atoms with Crippen LogP contribution in [0.25, 0.3) is 11.2 Å². The molecule has 0 aliphatic heterocycles. The number of benzene rings is 1. The number of anilines is 1. The normalized spacial score (nSPS) is 11.7. The fourth-order valence-electron chi connectivity index (χ4n) is 2.58. The first-order valence-electron chi connectivity index (χ1n) is 8.11. The SMILES string of the molecule is CC(C)Cn1c(NN=Cc2ccc(Cl)cc2)nc2c1c(=O)[nH]c(=O)n2C. The summed E-state index contributed by atoms with van der Waals surface area (Å²) < 4.78 is 3.04. The van der Waals surface area contributed by atoms with Crippen LogP contribution in [-0.2, 0) is 13.6 Å². The Bertz CT molecular complexity index is 1080. The highest BCUT2D eigenvalue weighted by atomic mass is 35.5. The Hall–Kier alpha value is -2.87. The van der Waals surface area contributed by atoms with Crippen LogP contribution in [0.15, 0.2) is 39.0 Å². The zero-order valence-corrected chi connectivity index (χ0v) is 15.4. The van der Waals surface area contributed by atoms with E-state index in [9.17, 15) is 9.59 Å². The van der Waals surface area contributed by atoms with Crippen LogP contribution in [-0.4, -0.2) is 25.3 Å². The van der Waals surface area contributed by atoms with E-state index in [1.54, 1.807) is 30.0 Å². The highest BCUT2D eigenvalue weighted by Crippen LogP contribution is 2.17. The second-order valence-corrected chi connectivity index (χ2v) is 6.79. The number of aromatic amines is 1. The number of hydrazone groups is 1. The van der Waals surface area contributed by atoms with Gasteiger partial charge in [-0.2, -0.15) is 10.1 Å². The Morgan fingerprint density at radius 3 is 2.65 bits per heavy atom. The lowest BCUT2D eigenvalue weighted by Gasteiger charge is -2.10. The highest BCUT2D eigenvalue weighted by molar-refractivity contribution is 6.30. The average Bonchev–Trinajstić information content (AvgIpc) is 2.93. The van der Waals surface area contributed by atoms with Gasteiger partial charge in [-0.1, -0.05) is 37.6 Å². The van der Waals surface area contributed by atoms with E-state index in [2.05, 4.69) is 20.5 Å². The van der Waals surface area contributed by atoms with E-state index in [0.717, 1.165) is 5.56 Å². The van der Waals surface area contributed by atoms with E-state index in [-0.39, 0.29) is 5.92 Å². The summed E-state index contributed by atoms with van der Waals surface area (Å²) in [5.41, 5.74) is 3.40. The van der Waals surface area contributed by atoms with Crippen LogP contribution in [0.3, 0.4) is 0 Å². The molecule has 0 atom stereocenters. The van der Waals surface area contributed by atoms with Gasteiger partial charge in [-0.05, 0) is 23.6 Å². The van der Waals surface area contributed by atoms with E-state index in [1.165, 1.54) is 4.57 Å². The molecule has 0 unspecified atom stereocenters. The van der Waals surface area contributed by atoms with Crippen LogP contribution in [0, 0.1) is 5.92 Å². The van der Waals surface area contributed by atoms with Gasteiger partial charge in [-0.3, -0.25) is 14.3 Å². The van der Waals surface area contributed by atoms with E-state index < -0.39 is 11.2 Å². The van der Waals surface area contributed by atoms with Crippen LogP contribution in [0.4, 0.5) is 5.95 Å². The summed E-state index contributed by atoms with van der Waals surface area (Å²) in [6.45, 7) is 4.61. The van der Waals surface area contributed by atoms with Crippen molar-refractivity contribution in [2.24, 2.45) is 18.1 Å². The Morgan fingerprint density at radius 2 is 2.00 bits per heavy atom. The number of aryl methyl sites for hydroxylation is 1. The van der Waals surface area contributed by atoms with E-state index in [0.29, 0.717) is 28.7 Å². The minimum Gasteiger partial charge on any atom is -0.303 e. The van der Waals surface area contributed by atoms with E-state index in [1.807, 2.05) is 26.0 Å². The smallest absolute Gasteiger partial charge is 0.303 e. The third kappa shape index (κ3) is 3.55. The number of aromatic nitrogens is 4. The highest BCUT2D eigenvalue weighted by Gasteiger charge is 2.17. The number of nitrogens with zero attached hydrogens (tertiary/aromatic N) is 4. The minimum atomic E-state index is -0.507. The molecule has 8 nitrogen and oxygen atoms in total. The number of imidazole rings is 1. The summed E-state index contributed by atoms with van der Waals surface area (Å²) in [5, 5.41) is 4.83. The molecule has 0 spiro atoms. The molecular formula is C17H19ClN6O2. The largest absolute Gasteiger partial charge is 0.329 e. The molecule has 3 aromatic rings. The first-order chi connectivity index (χ1) is 12.4. The molecule has 26 heavy (non-hydrogen) atoms. The molecule has 9 heteroatoms. The minimum absolute atomic E-state index is 0.268. The number of nitrogens with one attached hydrogen (secondary N) is 2. The van der Waals surface area contributed by atoms with Gasteiger partial charge in [0.15, 0.2) is 11.2 Å². The number of halogens is 1. The van der Waals surface area contributed by atoms with Crippen molar-refractivity contribution in [1.82, 2.24) is 19.1 Å². The van der Waals surface area contributed by atoms with Crippen LogP contribution in [0.2, 0.25) is 5.02 Å². The molecule has 0 saturated carbocycles. The molecule has 0 fully saturated rings. The van der Waals surface area contributed by atoms with Crippen molar-refractivity contribution in [3.05, 3.63) is 55.7 Å². The van der Waals surface area contributed by atoms with Gasteiger partial charge in [0.1, 0.15) is 0 Å². The molecular weight excluding hydrogens is 356 g/mol. The van der Waals surface area contributed by atoms with Crippen LogP contribution >= 0.6 is 11.6 Å². The van der Waals surface area contributed by atoms with Gasteiger partial charge in [-0.15, -0.1) is 0 Å². The molecule has 0 aliphatic rings. The van der Waals surface area contributed by atoms with Crippen molar-refractivity contribution < 1.29 is 0 Å². The van der Waals surface area contributed by atoms with Gasteiger partial charge in [0.05, 0.1) is 6.21 Å². The first kappa shape index (κ1) is 17.9. The van der Waals surface area contributed by atoms with Crippen LogP contribution < -0.4 is 16.7 Å². The average molecular weight is 375 g/mol. The van der Waals surface area contributed by atoms with Crippen molar-refractivity contribution in [2.45, 2.75) is 20.4 Å². The molecule has 136 valence electrons. The first-order valence-corrected chi connectivity index (χ1v) is 8.49. The molecule has 0 amide bonds. The molecule has 1 aromatic carbocycles. The summed E-state index contributed by atoms with van der Waals surface area (Å²) in [7, 11) is 1.56. The number of H-pyrrole nitrogens is 1. The Morgan fingerprint density at radius 1 is 1.31 bits per heavy atom. The zero-order valence-electron chi connectivity index (χ0n) is 14.7. The molecule has 0 aliphatic carbocycles. The van der Waals surface area contributed by atoms with Crippen molar-refractivity contribution >= 4 is 34.9 Å². The fourth-order valence-corrected chi connectivity index (χ4v) is 2.70. The zero-order chi connectivity index (χ0) is 18.8. The molecule has 2 N–H and O–H groups in total. The standard InChI is InChI=1S/C17H19ClN6O2/c1-10(2)9-24-13-14(23(3)17(26)21-15(13)25)20-16(24)22-19-8-11-4-6-12(18)7-5-11/h4-8,10H,9H2,1-3H3,(H,20,22)(H,21,25,26). The molecule has 0 bridgehead atoms. The lowest BCUT2D eigenvalue weighted by Crippen LogP contribution is -2.29. The van der Waals surface area contributed by atoms with Gasteiger partial charge in [0.25, 0.3) is 5.56 Å². The third-order valence-electron chi connectivity index (χ3n) is 3.80.